The van der Waals surface area contributed by atoms with E-state index < -0.39 is 5.60 Å². The van der Waals surface area contributed by atoms with Gasteiger partial charge in [-0.2, -0.15) is 0 Å². The van der Waals surface area contributed by atoms with Gasteiger partial charge in [0.15, 0.2) is 0 Å². The molecular formula is C27H55NO4. The second-order valence-corrected chi connectivity index (χ2v) is 9.71. The molecule has 0 aromatic carbocycles. The maximum Gasteiger partial charge on any atom is 0.305 e. The molecule has 0 heterocycles. The average Bonchev–Trinajstić information content (AvgIpc) is 2.75. The molecule has 1 N–H and O–H groups in total. The van der Waals surface area contributed by atoms with Gasteiger partial charge in [0.25, 0.3) is 0 Å². The molecule has 2 unspecified atom stereocenters. The first-order valence-electron chi connectivity index (χ1n) is 13.5. The number of esters is 1. The van der Waals surface area contributed by atoms with Gasteiger partial charge in [0.2, 0.25) is 0 Å². The van der Waals surface area contributed by atoms with E-state index in [-0.39, 0.29) is 12.1 Å². The van der Waals surface area contributed by atoms with E-state index in [0.717, 1.165) is 70.8 Å². The van der Waals surface area contributed by atoms with Gasteiger partial charge in [0.05, 0.1) is 18.3 Å². The van der Waals surface area contributed by atoms with Crippen molar-refractivity contribution in [1.82, 2.24) is 4.90 Å². The highest BCUT2D eigenvalue weighted by molar-refractivity contribution is 5.69. The standard InChI is InChI=1S/C27H55NO4/c1-6-9-12-15-21-27(30,20-14-11-8-3)25(31-23-16-13-10-7-2)19-24-32-26(29)18-17-22-28(4)5/h25,30H,6-24H2,1-5H3. The Labute approximate surface area is 199 Å². The monoisotopic (exact) mass is 457 g/mol. The summed E-state index contributed by atoms with van der Waals surface area (Å²) in [5, 5.41) is 11.7. The lowest BCUT2D eigenvalue weighted by Crippen LogP contribution is -2.45. The Morgan fingerprint density at radius 1 is 0.812 bits per heavy atom. The predicted molar refractivity (Wildman–Crippen MR) is 135 cm³/mol. The lowest BCUT2D eigenvalue weighted by atomic mass is 9.83. The summed E-state index contributed by atoms with van der Waals surface area (Å²) >= 11 is 0. The molecule has 0 spiro atoms. The van der Waals surface area contributed by atoms with Crippen molar-refractivity contribution in [3.63, 3.8) is 0 Å². The molecule has 192 valence electrons. The molecule has 0 aliphatic heterocycles. The molecule has 0 saturated heterocycles. The van der Waals surface area contributed by atoms with E-state index in [1.807, 2.05) is 14.1 Å². The van der Waals surface area contributed by atoms with Crippen LogP contribution in [0.5, 0.6) is 0 Å². The number of rotatable bonds is 23. The summed E-state index contributed by atoms with van der Waals surface area (Å²) in [5.74, 6) is -0.147. The van der Waals surface area contributed by atoms with E-state index in [1.54, 1.807) is 0 Å². The van der Waals surface area contributed by atoms with Crippen molar-refractivity contribution in [2.45, 2.75) is 135 Å². The minimum Gasteiger partial charge on any atom is -0.466 e. The number of nitrogens with zero attached hydrogens (tertiary/aromatic N) is 1. The van der Waals surface area contributed by atoms with Crippen LogP contribution in [0.4, 0.5) is 0 Å². The quantitative estimate of drug-likeness (QED) is 0.140. The third-order valence-electron chi connectivity index (χ3n) is 6.22. The summed E-state index contributed by atoms with van der Waals surface area (Å²) in [6.45, 7) is 8.49. The number of carbonyl (C=O) groups excluding carboxylic acids is 1. The van der Waals surface area contributed by atoms with Crippen molar-refractivity contribution in [3.05, 3.63) is 0 Å². The zero-order chi connectivity index (χ0) is 24.1. The van der Waals surface area contributed by atoms with Crippen LogP contribution in [0.1, 0.15) is 124 Å². The third kappa shape index (κ3) is 16.9. The Hall–Kier alpha value is -0.650. The number of hydrogen-bond donors (Lipinski definition) is 1. The molecular weight excluding hydrogens is 402 g/mol. The highest BCUT2D eigenvalue weighted by Crippen LogP contribution is 2.30. The molecule has 0 bridgehead atoms. The van der Waals surface area contributed by atoms with Crippen LogP contribution in [0, 0.1) is 0 Å². The van der Waals surface area contributed by atoms with Gasteiger partial charge in [-0.1, -0.05) is 85.0 Å². The second-order valence-electron chi connectivity index (χ2n) is 9.71. The first-order valence-corrected chi connectivity index (χ1v) is 13.5. The third-order valence-corrected chi connectivity index (χ3v) is 6.22. The van der Waals surface area contributed by atoms with Gasteiger partial charge in [-0.05, 0) is 46.3 Å². The van der Waals surface area contributed by atoms with E-state index in [4.69, 9.17) is 9.47 Å². The molecule has 0 aromatic rings. The maximum atomic E-state index is 12.1. The molecule has 0 aromatic heterocycles. The van der Waals surface area contributed by atoms with E-state index >= 15 is 0 Å². The summed E-state index contributed by atoms with van der Waals surface area (Å²) in [7, 11) is 4.02. The fourth-order valence-electron chi connectivity index (χ4n) is 4.14. The van der Waals surface area contributed by atoms with E-state index in [0.29, 0.717) is 26.1 Å². The van der Waals surface area contributed by atoms with Crippen LogP contribution in [-0.4, -0.2) is 61.5 Å². The van der Waals surface area contributed by atoms with Gasteiger partial charge in [0.1, 0.15) is 0 Å². The van der Waals surface area contributed by atoms with Crippen LogP contribution >= 0.6 is 0 Å². The van der Waals surface area contributed by atoms with Gasteiger partial charge >= 0.3 is 5.97 Å². The van der Waals surface area contributed by atoms with Crippen molar-refractivity contribution < 1.29 is 19.4 Å². The predicted octanol–water partition coefficient (Wildman–Crippen LogP) is 6.51. The van der Waals surface area contributed by atoms with Gasteiger partial charge in [-0.3, -0.25) is 4.79 Å². The zero-order valence-electron chi connectivity index (χ0n) is 22.1. The average molecular weight is 458 g/mol. The number of unbranched alkanes of at least 4 members (excludes halogenated alkanes) is 8. The topological polar surface area (TPSA) is 59.0 Å². The Bertz CT molecular complexity index is 430. The lowest BCUT2D eigenvalue weighted by Gasteiger charge is -2.37. The summed E-state index contributed by atoms with van der Waals surface area (Å²) in [6.07, 6.45) is 15.5. The molecule has 5 nitrogen and oxygen atoms in total. The molecule has 0 fully saturated rings. The van der Waals surface area contributed by atoms with Gasteiger partial charge in [-0.15, -0.1) is 0 Å². The fourth-order valence-corrected chi connectivity index (χ4v) is 4.14. The molecule has 0 radical (unpaired) electrons. The minimum absolute atomic E-state index is 0.147. The van der Waals surface area contributed by atoms with Crippen molar-refractivity contribution in [2.24, 2.45) is 0 Å². The van der Waals surface area contributed by atoms with Crippen LogP contribution in [0.2, 0.25) is 0 Å². The van der Waals surface area contributed by atoms with Crippen LogP contribution in [0.3, 0.4) is 0 Å². The molecule has 5 heteroatoms. The molecule has 0 aliphatic rings. The van der Waals surface area contributed by atoms with Crippen LogP contribution in [0.25, 0.3) is 0 Å². The number of hydrogen-bond acceptors (Lipinski definition) is 5. The SMILES string of the molecule is CCCCCCOC(CCOC(=O)CCCN(C)C)C(O)(CCCCC)CCCCCC. The fraction of sp³-hybridized carbons (Fsp3) is 0.963. The minimum atomic E-state index is -0.828. The van der Waals surface area contributed by atoms with Gasteiger partial charge in [0, 0.05) is 19.4 Å². The Kier molecular flexibility index (Phi) is 20.5. The van der Waals surface area contributed by atoms with Gasteiger partial charge < -0.3 is 19.5 Å². The first-order chi connectivity index (χ1) is 15.4. The Morgan fingerprint density at radius 2 is 1.38 bits per heavy atom. The van der Waals surface area contributed by atoms with E-state index in [1.165, 1.54) is 25.7 Å². The molecule has 2 atom stereocenters. The Balaban J connectivity index is 4.90. The van der Waals surface area contributed by atoms with Crippen molar-refractivity contribution >= 4 is 5.97 Å². The maximum absolute atomic E-state index is 12.1. The van der Waals surface area contributed by atoms with Crippen LogP contribution < -0.4 is 0 Å². The summed E-state index contributed by atoms with van der Waals surface area (Å²) < 4.78 is 11.8. The second kappa shape index (κ2) is 20.9. The van der Waals surface area contributed by atoms with E-state index in [9.17, 15) is 9.90 Å². The van der Waals surface area contributed by atoms with Crippen molar-refractivity contribution in [2.75, 3.05) is 33.9 Å². The summed E-state index contributed by atoms with van der Waals surface area (Å²) in [6, 6.07) is 0. The number of aliphatic hydroxyl groups is 1. The molecule has 0 amide bonds. The highest BCUT2D eigenvalue weighted by Gasteiger charge is 2.36. The molecule has 0 aliphatic carbocycles. The Morgan fingerprint density at radius 3 is 1.97 bits per heavy atom. The zero-order valence-corrected chi connectivity index (χ0v) is 22.1. The number of carbonyl (C=O) groups is 1. The molecule has 32 heavy (non-hydrogen) atoms. The van der Waals surface area contributed by atoms with Crippen LogP contribution in [0.15, 0.2) is 0 Å². The first kappa shape index (κ1) is 31.4. The number of ether oxygens (including phenoxy) is 2. The summed E-state index contributed by atoms with van der Waals surface area (Å²) in [5.41, 5.74) is -0.828. The van der Waals surface area contributed by atoms with Crippen molar-refractivity contribution in [1.29, 1.82) is 0 Å². The largest absolute Gasteiger partial charge is 0.466 e. The van der Waals surface area contributed by atoms with E-state index in [2.05, 4.69) is 25.7 Å². The smallest absolute Gasteiger partial charge is 0.305 e. The van der Waals surface area contributed by atoms with Gasteiger partial charge in [-0.25, -0.2) is 0 Å². The highest BCUT2D eigenvalue weighted by atomic mass is 16.5. The normalized spacial score (nSPS) is 14.5. The van der Waals surface area contributed by atoms with Crippen molar-refractivity contribution in [3.8, 4) is 0 Å². The molecule has 0 rings (SSSR count). The molecule has 0 saturated carbocycles. The lowest BCUT2D eigenvalue weighted by molar-refractivity contribution is -0.150. The summed E-state index contributed by atoms with van der Waals surface area (Å²) in [4.78, 5) is 14.2. The van der Waals surface area contributed by atoms with Crippen LogP contribution in [-0.2, 0) is 14.3 Å².